The van der Waals surface area contributed by atoms with Gasteiger partial charge in [0.15, 0.2) is 0 Å². The summed E-state index contributed by atoms with van der Waals surface area (Å²) in [6.07, 6.45) is 63.7. The molecule has 380 valence electrons. The summed E-state index contributed by atoms with van der Waals surface area (Å²) in [6, 6.07) is -0.641. The molecule has 6 nitrogen and oxygen atoms in total. The van der Waals surface area contributed by atoms with Crippen LogP contribution >= 0.6 is 0 Å². The molecule has 0 radical (unpaired) electrons. The van der Waals surface area contributed by atoms with Crippen LogP contribution in [0.5, 0.6) is 0 Å². The van der Waals surface area contributed by atoms with Gasteiger partial charge in [-0.15, -0.1) is 0 Å². The predicted molar refractivity (Wildman–Crippen MR) is 278 cm³/mol. The van der Waals surface area contributed by atoms with Gasteiger partial charge < -0.3 is 20.3 Å². The van der Waals surface area contributed by atoms with E-state index in [0.717, 1.165) is 57.8 Å². The molecule has 0 bridgehead atoms. The van der Waals surface area contributed by atoms with Gasteiger partial charge in [-0.05, 0) is 32.1 Å². The molecule has 6 heteroatoms. The number of allylic oxidation sites excluding steroid dienone is 1. The van der Waals surface area contributed by atoms with Crippen molar-refractivity contribution in [2.24, 2.45) is 0 Å². The maximum Gasteiger partial charge on any atom is 0.305 e. The van der Waals surface area contributed by atoms with Gasteiger partial charge in [0.25, 0.3) is 0 Å². The number of aliphatic hydroxyl groups is 2. The molecular weight excluding hydrogens is 791 g/mol. The number of unbranched alkanes of at least 4 members (excludes halogenated alkanes) is 43. The van der Waals surface area contributed by atoms with Gasteiger partial charge in [0.1, 0.15) is 0 Å². The summed E-state index contributed by atoms with van der Waals surface area (Å²) in [6.45, 7) is 4.89. The van der Waals surface area contributed by atoms with Crippen LogP contribution in [0.15, 0.2) is 12.2 Å². The highest BCUT2D eigenvalue weighted by Crippen LogP contribution is 2.17. The van der Waals surface area contributed by atoms with E-state index in [1.165, 1.54) is 238 Å². The Morgan fingerprint density at radius 2 is 0.719 bits per heavy atom. The molecular formula is C58H113NO5. The van der Waals surface area contributed by atoms with Crippen molar-refractivity contribution in [2.45, 2.75) is 334 Å². The van der Waals surface area contributed by atoms with Gasteiger partial charge in [0.05, 0.1) is 25.4 Å². The monoisotopic (exact) mass is 904 g/mol. The number of rotatable bonds is 54. The summed E-state index contributed by atoms with van der Waals surface area (Å²) in [5.74, 6) is -0.0947. The molecule has 0 aliphatic carbocycles. The fraction of sp³-hybridized carbons (Fsp3) is 0.931. The van der Waals surface area contributed by atoms with Crippen LogP contribution in [0.1, 0.15) is 322 Å². The lowest BCUT2D eigenvalue weighted by Gasteiger charge is -2.20. The van der Waals surface area contributed by atoms with Crippen LogP contribution in [-0.2, 0) is 14.3 Å². The average molecular weight is 905 g/mol. The molecule has 0 aliphatic rings. The third-order valence-corrected chi connectivity index (χ3v) is 13.6. The molecule has 0 saturated carbocycles. The van der Waals surface area contributed by atoms with E-state index in [-0.39, 0.29) is 18.5 Å². The third-order valence-electron chi connectivity index (χ3n) is 13.6. The number of hydrogen-bond acceptors (Lipinski definition) is 5. The van der Waals surface area contributed by atoms with Crippen LogP contribution in [0.3, 0.4) is 0 Å². The molecule has 2 atom stereocenters. The molecule has 0 aromatic heterocycles. The van der Waals surface area contributed by atoms with Crippen LogP contribution in [0.2, 0.25) is 0 Å². The predicted octanol–water partition coefficient (Wildman–Crippen LogP) is 17.7. The number of nitrogens with one attached hydrogen (secondary N) is 1. The minimum absolute atomic E-state index is 0.0116. The first kappa shape index (κ1) is 62.6. The maximum atomic E-state index is 12.5. The maximum absolute atomic E-state index is 12.5. The summed E-state index contributed by atoms with van der Waals surface area (Å²) in [5, 5.41) is 23.2. The minimum Gasteiger partial charge on any atom is -0.466 e. The van der Waals surface area contributed by atoms with Crippen molar-refractivity contribution >= 4 is 11.9 Å². The van der Waals surface area contributed by atoms with Crippen LogP contribution in [0.4, 0.5) is 0 Å². The van der Waals surface area contributed by atoms with E-state index in [1.54, 1.807) is 6.08 Å². The summed E-state index contributed by atoms with van der Waals surface area (Å²) in [7, 11) is 0. The summed E-state index contributed by atoms with van der Waals surface area (Å²) in [4.78, 5) is 24.5. The Bertz CT molecular complexity index is 955. The molecule has 0 spiro atoms. The van der Waals surface area contributed by atoms with E-state index in [1.807, 2.05) is 6.08 Å². The van der Waals surface area contributed by atoms with Crippen LogP contribution < -0.4 is 5.32 Å². The molecule has 1 amide bonds. The van der Waals surface area contributed by atoms with Crippen molar-refractivity contribution in [3.8, 4) is 0 Å². The van der Waals surface area contributed by atoms with Gasteiger partial charge in [-0.1, -0.05) is 289 Å². The van der Waals surface area contributed by atoms with Crippen LogP contribution in [0.25, 0.3) is 0 Å². The molecule has 3 N–H and O–H groups in total. The van der Waals surface area contributed by atoms with Gasteiger partial charge in [-0.3, -0.25) is 9.59 Å². The highest BCUT2D eigenvalue weighted by Gasteiger charge is 2.18. The largest absolute Gasteiger partial charge is 0.466 e. The van der Waals surface area contributed by atoms with Crippen molar-refractivity contribution in [1.29, 1.82) is 0 Å². The summed E-state index contributed by atoms with van der Waals surface area (Å²) >= 11 is 0. The van der Waals surface area contributed by atoms with E-state index in [9.17, 15) is 19.8 Å². The third kappa shape index (κ3) is 50.0. The standard InChI is InChI=1S/C58H113NO5/c1-3-5-7-9-11-13-15-17-19-20-21-22-23-24-26-27-30-34-38-42-46-50-56(61)55(54-60)59-57(62)51-47-43-39-35-31-29-33-37-41-45-49-53-64-58(63)52-48-44-40-36-32-28-25-18-16-14-12-10-8-6-4-2/h46,50,55-56,60-61H,3-45,47-49,51-54H2,1-2H3,(H,59,62)/b50-46+. The highest BCUT2D eigenvalue weighted by molar-refractivity contribution is 5.76. The van der Waals surface area contributed by atoms with Gasteiger partial charge in [-0.2, -0.15) is 0 Å². The molecule has 0 rings (SSSR count). The first-order chi connectivity index (χ1) is 31.5. The first-order valence-electron chi connectivity index (χ1n) is 29.0. The fourth-order valence-corrected chi connectivity index (χ4v) is 9.11. The minimum atomic E-state index is -0.856. The second-order valence-electron chi connectivity index (χ2n) is 20.0. The number of ether oxygens (including phenoxy) is 1. The van der Waals surface area contributed by atoms with Crippen LogP contribution in [0, 0.1) is 0 Å². The van der Waals surface area contributed by atoms with Crippen molar-refractivity contribution < 1.29 is 24.5 Å². The number of carbonyl (C=O) groups is 2. The Morgan fingerprint density at radius 3 is 1.06 bits per heavy atom. The van der Waals surface area contributed by atoms with E-state index >= 15 is 0 Å². The number of aliphatic hydroxyl groups excluding tert-OH is 2. The quantitative estimate of drug-likeness (QED) is 0.0321. The number of esters is 1. The Kier molecular flexibility index (Phi) is 53.0. The van der Waals surface area contributed by atoms with Crippen molar-refractivity contribution in [3.63, 3.8) is 0 Å². The molecule has 2 unspecified atom stereocenters. The van der Waals surface area contributed by atoms with E-state index in [2.05, 4.69) is 19.2 Å². The molecule has 0 aromatic carbocycles. The van der Waals surface area contributed by atoms with Gasteiger partial charge in [-0.25, -0.2) is 0 Å². The average Bonchev–Trinajstić information content (AvgIpc) is 3.29. The zero-order valence-corrected chi connectivity index (χ0v) is 43.3. The molecule has 0 saturated heterocycles. The fourth-order valence-electron chi connectivity index (χ4n) is 9.11. The highest BCUT2D eigenvalue weighted by atomic mass is 16.5. The van der Waals surface area contributed by atoms with E-state index in [4.69, 9.17) is 4.74 Å². The molecule has 0 heterocycles. The second-order valence-corrected chi connectivity index (χ2v) is 20.0. The number of carbonyl (C=O) groups excluding carboxylic acids is 2. The van der Waals surface area contributed by atoms with Gasteiger partial charge >= 0.3 is 5.97 Å². The van der Waals surface area contributed by atoms with Crippen molar-refractivity contribution in [1.82, 2.24) is 5.32 Å². The van der Waals surface area contributed by atoms with Crippen LogP contribution in [-0.4, -0.2) is 47.4 Å². The first-order valence-corrected chi connectivity index (χ1v) is 29.0. The Hall–Kier alpha value is -1.40. The molecule has 0 fully saturated rings. The Labute approximate surface area is 399 Å². The van der Waals surface area contributed by atoms with Crippen molar-refractivity contribution in [2.75, 3.05) is 13.2 Å². The second kappa shape index (κ2) is 54.2. The number of hydrogen-bond donors (Lipinski definition) is 3. The van der Waals surface area contributed by atoms with Gasteiger partial charge in [0, 0.05) is 12.8 Å². The van der Waals surface area contributed by atoms with E-state index < -0.39 is 12.1 Å². The smallest absolute Gasteiger partial charge is 0.305 e. The van der Waals surface area contributed by atoms with E-state index in [0.29, 0.717) is 19.4 Å². The molecule has 64 heavy (non-hydrogen) atoms. The van der Waals surface area contributed by atoms with Crippen molar-refractivity contribution in [3.05, 3.63) is 12.2 Å². The lowest BCUT2D eigenvalue weighted by Crippen LogP contribution is -2.45. The lowest BCUT2D eigenvalue weighted by atomic mass is 10.0. The molecule has 0 aliphatic heterocycles. The van der Waals surface area contributed by atoms with Gasteiger partial charge in [0.2, 0.25) is 5.91 Å². The number of amides is 1. The lowest BCUT2D eigenvalue weighted by molar-refractivity contribution is -0.143. The topological polar surface area (TPSA) is 95.9 Å². The summed E-state index contributed by atoms with van der Waals surface area (Å²) in [5.41, 5.74) is 0. The zero-order valence-electron chi connectivity index (χ0n) is 43.3. The summed E-state index contributed by atoms with van der Waals surface area (Å²) < 4.78 is 5.47. The Morgan fingerprint density at radius 1 is 0.422 bits per heavy atom. The Balaban J connectivity index is 3.48. The molecule has 0 aromatic rings. The normalized spacial score (nSPS) is 12.6. The SMILES string of the molecule is CCCCCCCCCCCCCCCCCCCCC/C=C/C(O)C(CO)NC(=O)CCCCCCCCCCCCCOC(=O)CCCCCCCCCCCCCCCCC. The zero-order chi connectivity index (χ0) is 46.5.